The molecule has 2 heterocycles. The van der Waals surface area contributed by atoms with Gasteiger partial charge in [-0.3, -0.25) is 9.59 Å². The van der Waals surface area contributed by atoms with Crippen LogP contribution in [-0.2, 0) is 19.6 Å². The molecule has 2 fully saturated rings. The summed E-state index contributed by atoms with van der Waals surface area (Å²) in [7, 11) is -3.97. The summed E-state index contributed by atoms with van der Waals surface area (Å²) in [4.78, 5) is 25.9. The van der Waals surface area contributed by atoms with Gasteiger partial charge in [0.1, 0.15) is 10.6 Å². The molecule has 3 atom stereocenters. The van der Waals surface area contributed by atoms with Crippen molar-refractivity contribution < 1.29 is 27.6 Å². The van der Waals surface area contributed by atoms with Gasteiger partial charge in [-0.25, -0.2) is 8.42 Å². The maximum absolute atomic E-state index is 12.7. The van der Waals surface area contributed by atoms with Crippen molar-refractivity contribution in [2.45, 2.75) is 51.0 Å². The summed E-state index contributed by atoms with van der Waals surface area (Å²) < 4.78 is 32.4. The molecule has 1 unspecified atom stereocenters. The zero-order valence-corrected chi connectivity index (χ0v) is 15.8. The predicted molar refractivity (Wildman–Crippen MR) is 89.8 cm³/mol. The van der Waals surface area contributed by atoms with Gasteiger partial charge in [0.05, 0.1) is 11.5 Å². The van der Waals surface area contributed by atoms with Crippen LogP contribution in [0.3, 0.4) is 0 Å². The van der Waals surface area contributed by atoms with Crippen molar-refractivity contribution in [1.29, 1.82) is 0 Å². The largest absolute Gasteiger partial charge is 0.481 e. The van der Waals surface area contributed by atoms with Gasteiger partial charge in [-0.05, 0) is 39.5 Å². The molecule has 1 aliphatic heterocycles. The number of hydrogen-bond acceptors (Lipinski definition) is 6. The van der Waals surface area contributed by atoms with Crippen LogP contribution in [0, 0.1) is 25.2 Å². The fourth-order valence-corrected chi connectivity index (χ4v) is 5.81. The van der Waals surface area contributed by atoms with E-state index in [2.05, 4.69) is 9.88 Å². The highest BCUT2D eigenvalue weighted by molar-refractivity contribution is 7.89. The minimum absolute atomic E-state index is 0.0718. The van der Waals surface area contributed by atoms with E-state index in [-0.39, 0.29) is 28.8 Å². The second-order valence-corrected chi connectivity index (χ2v) is 8.92. The molecule has 1 aliphatic carbocycles. The Labute approximate surface area is 151 Å². The minimum Gasteiger partial charge on any atom is -0.481 e. The standard InChI is InChI=1S/C16H23N3O6S/c1-9-13(11(3)25-17-9)26(23,24)18-10(2)14(20)19-7-12-5-4-6-16(12,8-19)15(21)22/h10,12,18H,4-8H2,1-3H3,(H,21,22)/t10?,12-,16+/m0/s1. The number of sulfonamides is 1. The minimum atomic E-state index is -3.97. The fraction of sp³-hybridized carbons (Fsp3) is 0.688. The van der Waals surface area contributed by atoms with Crippen molar-refractivity contribution in [2.24, 2.45) is 11.3 Å². The van der Waals surface area contributed by atoms with Crippen molar-refractivity contribution in [3.05, 3.63) is 11.5 Å². The molecule has 1 saturated heterocycles. The lowest BCUT2D eigenvalue weighted by Crippen LogP contribution is -2.47. The lowest BCUT2D eigenvalue weighted by molar-refractivity contribution is -0.149. The topological polar surface area (TPSA) is 130 Å². The van der Waals surface area contributed by atoms with Crippen LogP contribution < -0.4 is 4.72 Å². The zero-order valence-electron chi connectivity index (χ0n) is 15.0. The van der Waals surface area contributed by atoms with Crippen LogP contribution in [0.15, 0.2) is 9.42 Å². The SMILES string of the molecule is Cc1noc(C)c1S(=O)(=O)NC(C)C(=O)N1C[C@@H]2CCC[C@@]2(C(=O)O)C1. The van der Waals surface area contributed by atoms with Crippen LogP contribution >= 0.6 is 0 Å². The molecule has 0 spiro atoms. The molecule has 2 aliphatic rings. The molecule has 1 aromatic heterocycles. The highest BCUT2D eigenvalue weighted by Gasteiger charge is 2.56. The Kier molecular flexibility index (Phi) is 4.60. The summed E-state index contributed by atoms with van der Waals surface area (Å²) in [5, 5.41) is 13.2. The van der Waals surface area contributed by atoms with Gasteiger partial charge in [-0.1, -0.05) is 11.6 Å². The van der Waals surface area contributed by atoms with Crippen LogP contribution in [0.2, 0.25) is 0 Å². The Morgan fingerprint density at radius 2 is 2.12 bits per heavy atom. The lowest BCUT2D eigenvalue weighted by atomic mass is 9.81. The van der Waals surface area contributed by atoms with Crippen molar-refractivity contribution in [1.82, 2.24) is 14.8 Å². The smallest absolute Gasteiger partial charge is 0.311 e. The molecule has 0 bridgehead atoms. The summed E-state index contributed by atoms with van der Waals surface area (Å²) in [6, 6.07) is -1.02. The van der Waals surface area contributed by atoms with Crippen LogP contribution in [0.1, 0.15) is 37.6 Å². The molecule has 3 rings (SSSR count). The maximum Gasteiger partial charge on any atom is 0.311 e. The number of amides is 1. The first-order valence-corrected chi connectivity index (χ1v) is 10.0. The number of rotatable bonds is 5. The van der Waals surface area contributed by atoms with Gasteiger partial charge < -0.3 is 14.5 Å². The fourth-order valence-electron chi connectivity index (χ4n) is 4.28. The van der Waals surface area contributed by atoms with E-state index in [9.17, 15) is 23.1 Å². The van der Waals surface area contributed by atoms with Crippen LogP contribution in [0.5, 0.6) is 0 Å². The molecule has 144 valence electrons. The first-order chi connectivity index (χ1) is 12.1. The Morgan fingerprint density at radius 1 is 1.42 bits per heavy atom. The number of aryl methyl sites for hydroxylation is 2. The average Bonchev–Trinajstić information content (AvgIpc) is 3.18. The molecule has 1 aromatic rings. The highest BCUT2D eigenvalue weighted by atomic mass is 32.2. The normalized spacial score (nSPS) is 26.7. The van der Waals surface area contributed by atoms with Crippen molar-refractivity contribution in [3.8, 4) is 0 Å². The number of carbonyl (C=O) groups is 2. The molecular weight excluding hydrogens is 362 g/mol. The van der Waals surface area contributed by atoms with Gasteiger partial charge in [0, 0.05) is 13.1 Å². The summed E-state index contributed by atoms with van der Waals surface area (Å²) in [6.07, 6.45) is 2.17. The van der Waals surface area contributed by atoms with Gasteiger partial charge in [-0.15, -0.1) is 0 Å². The maximum atomic E-state index is 12.7. The molecule has 1 amide bonds. The van der Waals surface area contributed by atoms with Crippen LogP contribution in [0.25, 0.3) is 0 Å². The first-order valence-electron chi connectivity index (χ1n) is 8.56. The van der Waals surface area contributed by atoms with Gasteiger partial charge in [-0.2, -0.15) is 4.72 Å². The average molecular weight is 385 g/mol. The molecule has 26 heavy (non-hydrogen) atoms. The van der Waals surface area contributed by atoms with E-state index in [1.54, 1.807) is 0 Å². The van der Waals surface area contributed by atoms with E-state index >= 15 is 0 Å². The number of carbonyl (C=O) groups excluding carboxylic acids is 1. The number of aliphatic carboxylic acids is 1. The number of aromatic nitrogens is 1. The second-order valence-electron chi connectivity index (χ2n) is 7.27. The van der Waals surface area contributed by atoms with Gasteiger partial charge in [0.2, 0.25) is 15.9 Å². The number of fused-ring (bicyclic) bond motifs is 1. The van der Waals surface area contributed by atoms with Crippen molar-refractivity contribution >= 4 is 21.9 Å². The third-order valence-electron chi connectivity index (χ3n) is 5.55. The third-order valence-corrected chi connectivity index (χ3v) is 7.33. The highest BCUT2D eigenvalue weighted by Crippen LogP contribution is 2.49. The summed E-state index contributed by atoms with van der Waals surface area (Å²) in [6.45, 7) is 4.93. The number of carboxylic acids is 1. The molecule has 2 N–H and O–H groups in total. The van der Waals surface area contributed by atoms with Crippen molar-refractivity contribution in [3.63, 3.8) is 0 Å². The van der Waals surface area contributed by atoms with E-state index in [4.69, 9.17) is 4.52 Å². The molecule has 0 aromatic carbocycles. The summed E-state index contributed by atoms with van der Waals surface area (Å²) >= 11 is 0. The number of likely N-dealkylation sites (tertiary alicyclic amines) is 1. The predicted octanol–water partition coefficient (Wildman–Crippen LogP) is 0.672. The second kappa shape index (κ2) is 6.34. The van der Waals surface area contributed by atoms with Crippen LogP contribution in [0.4, 0.5) is 0 Å². The van der Waals surface area contributed by atoms with Gasteiger partial charge >= 0.3 is 5.97 Å². The van der Waals surface area contributed by atoms with E-state index in [1.807, 2.05) is 0 Å². The first kappa shape index (κ1) is 18.8. The number of hydrogen-bond donors (Lipinski definition) is 2. The van der Waals surface area contributed by atoms with E-state index < -0.39 is 33.4 Å². The third kappa shape index (κ3) is 2.90. The molecule has 10 heteroatoms. The van der Waals surface area contributed by atoms with Crippen molar-refractivity contribution in [2.75, 3.05) is 13.1 Å². The molecule has 9 nitrogen and oxygen atoms in total. The summed E-state index contributed by atoms with van der Waals surface area (Å²) in [5.74, 6) is -1.22. The number of carboxylic acid groups (broad SMARTS) is 1. The molecule has 0 radical (unpaired) electrons. The Balaban J connectivity index is 1.74. The monoisotopic (exact) mass is 385 g/mol. The lowest BCUT2D eigenvalue weighted by Gasteiger charge is -2.25. The number of nitrogens with zero attached hydrogens (tertiary/aromatic N) is 2. The quantitative estimate of drug-likeness (QED) is 0.762. The Bertz CT molecular complexity index is 829. The Morgan fingerprint density at radius 3 is 2.65 bits per heavy atom. The van der Waals surface area contributed by atoms with Crippen LogP contribution in [-0.4, -0.2) is 54.6 Å². The summed E-state index contributed by atoms with van der Waals surface area (Å²) in [5.41, 5.74) is -0.675. The zero-order chi connectivity index (χ0) is 19.3. The molecular formula is C16H23N3O6S. The van der Waals surface area contributed by atoms with Gasteiger partial charge in [0.25, 0.3) is 0 Å². The van der Waals surface area contributed by atoms with E-state index in [0.717, 1.165) is 12.8 Å². The van der Waals surface area contributed by atoms with Gasteiger partial charge in [0.15, 0.2) is 5.76 Å². The molecule has 1 saturated carbocycles. The van der Waals surface area contributed by atoms with E-state index in [1.165, 1.54) is 25.7 Å². The Hall–Kier alpha value is -1.94. The van der Waals surface area contributed by atoms with E-state index in [0.29, 0.717) is 13.0 Å². The number of nitrogens with one attached hydrogen (secondary N) is 1.